The average molecular weight is 262 g/mol. The van der Waals surface area contributed by atoms with E-state index in [1.807, 2.05) is 6.07 Å². The van der Waals surface area contributed by atoms with Crippen LogP contribution in [-0.4, -0.2) is 5.11 Å². The van der Waals surface area contributed by atoms with Crippen LogP contribution in [0.1, 0.15) is 84.4 Å². The van der Waals surface area contributed by atoms with E-state index in [1.165, 1.54) is 11.1 Å². The lowest BCUT2D eigenvalue weighted by atomic mass is 9.75. The van der Waals surface area contributed by atoms with Gasteiger partial charge in [-0.05, 0) is 40.4 Å². The van der Waals surface area contributed by atoms with Gasteiger partial charge in [0.05, 0.1) is 0 Å². The van der Waals surface area contributed by atoms with Crippen molar-refractivity contribution in [3.8, 4) is 5.75 Å². The Morgan fingerprint density at radius 2 is 1.53 bits per heavy atom. The molecule has 108 valence electrons. The summed E-state index contributed by atoms with van der Waals surface area (Å²) in [5.41, 5.74) is 3.66. The van der Waals surface area contributed by atoms with Gasteiger partial charge in [0, 0.05) is 5.56 Å². The van der Waals surface area contributed by atoms with Crippen LogP contribution in [0.15, 0.2) is 12.1 Å². The molecular formula is C18H30O. The molecule has 1 aromatic rings. The van der Waals surface area contributed by atoms with E-state index in [1.54, 1.807) is 0 Å². The summed E-state index contributed by atoms with van der Waals surface area (Å²) in [4.78, 5) is 0. The van der Waals surface area contributed by atoms with Crippen LogP contribution in [0.2, 0.25) is 0 Å². The first kappa shape index (κ1) is 16.1. The Hall–Kier alpha value is -0.980. The molecule has 1 unspecified atom stereocenters. The van der Waals surface area contributed by atoms with Gasteiger partial charge in [-0.1, -0.05) is 61.5 Å². The Labute approximate surface area is 119 Å². The van der Waals surface area contributed by atoms with Crippen molar-refractivity contribution in [1.29, 1.82) is 0 Å². The summed E-state index contributed by atoms with van der Waals surface area (Å²) in [6.45, 7) is 17.5. The van der Waals surface area contributed by atoms with Gasteiger partial charge in [-0.25, -0.2) is 0 Å². The summed E-state index contributed by atoms with van der Waals surface area (Å²) in [6, 6.07) is 4.25. The number of hydrogen-bond donors (Lipinski definition) is 1. The molecule has 1 heteroatoms. The van der Waals surface area contributed by atoms with E-state index in [4.69, 9.17) is 0 Å². The molecule has 0 fully saturated rings. The van der Waals surface area contributed by atoms with Crippen LogP contribution in [0.4, 0.5) is 0 Å². The van der Waals surface area contributed by atoms with Crippen LogP contribution in [0.3, 0.4) is 0 Å². The second-order valence-electron chi connectivity index (χ2n) is 7.77. The summed E-state index contributed by atoms with van der Waals surface area (Å²) in [7, 11) is 0. The van der Waals surface area contributed by atoms with Gasteiger partial charge in [-0.2, -0.15) is 0 Å². The lowest BCUT2D eigenvalue weighted by Crippen LogP contribution is -2.19. The van der Waals surface area contributed by atoms with E-state index >= 15 is 0 Å². The second-order valence-corrected chi connectivity index (χ2v) is 7.77. The lowest BCUT2D eigenvalue weighted by molar-refractivity contribution is 0.437. The van der Waals surface area contributed by atoms with E-state index in [-0.39, 0.29) is 10.8 Å². The van der Waals surface area contributed by atoms with Crippen molar-refractivity contribution in [3.63, 3.8) is 0 Å². The van der Waals surface area contributed by atoms with E-state index in [0.717, 1.165) is 12.0 Å². The third-order valence-corrected chi connectivity index (χ3v) is 3.91. The maximum absolute atomic E-state index is 10.5. The predicted octanol–water partition coefficient (Wildman–Crippen LogP) is 5.50. The van der Waals surface area contributed by atoms with E-state index in [9.17, 15) is 5.11 Å². The van der Waals surface area contributed by atoms with Gasteiger partial charge in [0.2, 0.25) is 0 Å². The number of rotatable bonds is 2. The minimum absolute atomic E-state index is 0.0285. The minimum atomic E-state index is -0.0285. The van der Waals surface area contributed by atoms with Crippen LogP contribution in [0.25, 0.3) is 0 Å². The summed E-state index contributed by atoms with van der Waals surface area (Å²) in [5.74, 6) is 0.928. The molecule has 0 aromatic heterocycles. The zero-order chi connectivity index (χ0) is 15.0. The first-order valence-corrected chi connectivity index (χ1v) is 7.36. The fraction of sp³-hybridized carbons (Fsp3) is 0.667. The monoisotopic (exact) mass is 262 g/mol. The largest absolute Gasteiger partial charge is 0.508 e. The maximum atomic E-state index is 10.5. The smallest absolute Gasteiger partial charge is 0.119 e. The van der Waals surface area contributed by atoms with Crippen molar-refractivity contribution < 1.29 is 5.11 Å². The van der Waals surface area contributed by atoms with Crippen molar-refractivity contribution in [2.75, 3.05) is 0 Å². The number of aromatic hydroxyl groups is 1. The number of phenolic OH excluding ortho intramolecular Hbond substituents is 1. The molecule has 0 spiro atoms. The summed E-state index contributed by atoms with van der Waals surface area (Å²) < 4.78 is 0. The molecule has 0 saturated heterocycles. The number of hydrogen-bond acceptors (Lipinski definition) is 1. The fourth-order valence-electron chi connectivity index (χ4n) is 2.51. The van der Waals surface area contributed by atoms with Crippen LogP contribution in [-0.2, 0) is 10.8 Å². The first-order chi connectivity index (χ1) is 8.48. The van der Waals surface area contributed by atoms with Crippen molar-refractivity contribution in [2.24, 2.45) is 0 Å². The lowest BCUT2D eigenvalue weighted by Gasteiger charge is -2.30. The van der Waals surface area contributed by atoms with Crippen LogP contribution in [0.5, 0.6) is 5.75 Å². The molecule has 0 aliphatic heterocycles. The Morgan fingerprint density at radius 1 is 1.00 bits per heavy atom. The van der Waals surface area contributed by atoms with Crippen LogP contribution >= 0.6 is 0 Å². The Bertz CT molecular complexity index is 444. The van der Waals surface area contributed by atoms with E-state index in [0.29, 0.717) is 11.7 Å². The SMILES string of the molecule is CCC(C)c1cc(C(C)(C)C)cc(O)c1C(C)(C)C. The van der Waals surface area contributed by atoms with Crippen molar-refractivity contribution in [2.45, 2.75) is 78.6 Å². The third kappa shape index (κ3) is 3.52. The molecule has 0 bridgehead atoms. The Kier molecular flexibility index (Phi) is 4.39. The van der Waals surface area contributed by atoms with Gasteiger partial charge >= 0.3 is 0 Å². The molecule has 1 rings (SSSR count). The Balaban J connectivity index is 3.57. The molecule has 1 nitrogen and oxygen atoms in total. The van der Waals surface area contributed by atoms with E-state index < -0.39 is 0 Å². The molecule has 19 heavy (non-hydrogen) atoms. The third-order valence-electron chi connectivity index (χ3n) is 3.91. The quantitative estimate of drug-likeness (QED) is 0.746. The molecule has 0 amide bonds. The molecule has 0 aliphatic rings. The van der Waals surface area contributed by atoms with Gasteiger partial charge in [0.1, 0.15) is 5.75 Å². The maximum Gasteiger partial charge on any atom is 0.119 e. The molecule has 0 heterocycles. The summed E-state index contributed by atoms with van der Waals surface area (Å²) in [5, 5.41) is 10.5. The summed E-state index contributed by atoms with van der Waals surface area (Å²) >= 11 is 0. The van der Waals surface area contributed by atoms with Crippen molar-refractivity contribution >= 4 is 0 Å². The van der Waals surface area contributed by atoms with Gasteiger partial charge in [-0.15, -0.1) is 0 Å². The van der Waals surface area contributed by atoms with Crippen molar-refractivity contribution in [1.82, 2.24) is 0 Å². The van der Waals surface area contributed by atoms with E-state index in [2.05, 4.69) is 61.5 Å². The zero-order valence-corrected chi connectivity index (χ0v) is 13.9. The number of benzene rings is 1. The Morgan fingerprint density at radius 3 is 1.89 bits per heavy atom. The zero-order valence-electron chi connectivity index (χ0n) is 13.9. The molecule has 1 aromatic carbocycles. The highest BCUT2D eigenvalue weighted by molar-refractivity contribution is 5.49. The van der Waals surface area contributed by atoms with Crippen LogP contribution in [0, 0.1) is 0 Å². The highest BCUT2D eigenvalue weighted by atomic mass is 16.3. The van der Waals surface area contributed by atoms with Crippen molar-refractivity contribution in [3.05, 3.63) is 28.8 Å². The molecule has 0 saturated carbocycles. The average Bonchev–Trinajstić information content (AvgIpc) is 2.23. The van der Waals surface area contributed by atoms with Gasteiger partial charge in [0.25, 0.3) is 0 Å². The highest BCUT2D eigenvalue weighted by Crippen LogP contribution is 2.41. The molecule has 0 radical (unpaired) electrons. The molecule has 1 atom stereocenters. The van der Waals surface area contributed by atoms with Gasteiger partial charge in [0.15, 0.2) is 0 Å². The fourth-order valence-corrected chi connectivity index (χ4v) is 2.51. The second kappa shape index (κ2) is 5.19. The summed E-state index contributed by atoms with van der Waals surface area (Å²) in [6.07, 6.45) is 1.09. The molecular weight excluding hydrogens is 232 g/mol. The van der Waals surface area contributed by atoms with Gasteiger partial charge in [-0.3, -0.25) is 0 Å². The number of phenols is 1. The van der Waals surface area contributed by atoms with Gasteiger partial charge < -0.3 is 5.11 Å². The normalized spacial score (nSPS) is 14.5. The van der Waals surface area contributed by atoms with Crippen LogP contribution < -0.4 is 0 Å². The topological polar surface area (TPSA) is 20.2 Å². The highest BCUT2D eigenvalue weighted by Gasteiger charge is 2.27. The molecule has 1 N–H and O–H groups in total. The first-order valence-electron chi connectivity index (χ1n) is 7.36. The minimum Gasteiger partial charge on any atom is -0.508 e. The predicted molar refractivity (Wildman–Crippen MR) is 84.2 cm³/mol. The standard InChI is InChI=1S/C18H30O/c1-9-12(2)14-10-13(17(3,4)5)11-15(19)16(14)18(6,7)8/h10-12,19H,9H2,1-8H3. The molecule has 0 aliphatic carbocycles.